The molecule has 1 aromatic carbocycles. The van der Waals surface area contributed by atoms with Crippen molar-refractivity contribution in [2.45, 2.75) is 6.10 Å². The summed E-state index contributed by atoms with van der Waals surface area (Å²) in [7, 11) is 0. The normalized spacial score (nSPS) is 17.9. The third-order valence-electron chi connectivity index (χ3n) is 4.01. The van der Waals surface area contributed by atoms with Gasteiger partial charge in [-0.2, -0.15) is 5.26 Å². The molecule has 2 aromatic rings. The summed E-state index contributed by atoms with van der Waals surface area (Å²) in [5, 5.41) is 19.3. The summed E-state index contributed by atoms with van der Waals surface area (Å²) in [5.41, 5.74) is 1.14. The SMILES string of the molecule is N#Cc1ccnc(N2CCN(C(=O)c3ccccc3)C[C@@H](O)C2)c1. The number of nitrogens with zero attached hydrogens (tertiary/aromatic N) is 4. The first-order chi connectivity index (χ1) is 11.7. The lowest BCUT2D eigenvalue weighted by atomic mass is 10.2. The van der Waals surface area contributed by atoms with Crippen LogP contribution in [-0.4, -0.2) is 53.2 Å². The minimum absolute atomic E-state index is 0.0877. The van der Waals surface area contributed by atoms with Crippen molar-refractivity contribution in [1.29, 1.82) is 5.26 Å². The van der Waals surface area contributed by atoms with Gasteiger partial charge in [-0.1, -0.05) is 18.2 Å². The Bertz CT molecular complexity index is 757. The number of carbonyl (C=O) groups is 1. The minimum atomic E-state index is -0.673. The number of aromatic nitrogens is 1. The van der Waals surface area contributed by atoms with Crippen LogP contribution >= 0.6 is 0 Å². The van der Waals surface area contributed by atoms with E-state index in [4.69, 9.17) is 5.26 Å². The Labute approximate surface area is 140 Å². The Morgan fingerprint density at radius 2 is 2.00 bits per heavy atom. The summed E-state index contributed by atoms with van der Waals surface area (Å²) in [6.07, 6.45) is 0.908. The number of aliphatic hydroxyl groups excluding tert-OH is 1. The van der Waals surface area contributed by atoms with Gasteiger partial charge in [-0.3, -0.25) is 4.79 Å². The highest BCUT2D eigenvalue weighted by Crippen LogP contribution is 2.16. The molecule has 1 aromatic heterocycles. The van der Waals surface area contributed by atoms with Crippen LogP contribution < -0.4 is 4.90 Å². The molecule has 1 aliphatic rings. The van der Waals surface area contributed by atoms with E-state index in [9.17, 15) is 9.90 Å². The van der Waals surface area contributed by atoms with Crippen LogP contribution in [0.4, 0.5) is 5.82 Å². The molecule has 6 nitrogen and oxygen atoms in total. The van der Waals surface area contributed by atoms with E-state index in [1.54, 1.807) is 35.4 Å². The molecule has 0 saturated carbocycles. The van der Waals surface area contributed by atoms with Crippen molar-refractivity contribution < 1.29 is 9.90 Å². The fourth-order valence-corrected chi connectivity index (χ4v) is 2.81. The molecule has 0 radical (unpaired) electrons. The molecule has 1 fully saturated rings. The van der Waals surface area contributed by atoms with Crippen molar-refractivity contribution in [3.05, 3.63) is 59.8 Å². The van der Waals surface area contributed by atoms with E-state index in [1.165, 1.54) is 0 Å². The van der Waals surface area contributed by atoms with E-state index >= 15 is 0 Å². The number of hydrogen-bond acceptors (Lipinski definition) is 5. The topological polar surface area (TPSA) is 80.5 Å². The molecule has 0 spiro atoms. The van der Waals surface area contributed by atoms with E-state index in [0.717, 1.165) is 0 Å². The predicted octanol–water partition coefficient (Wildman–Crippen LogP) is 1.28. The maximum atomic E-state index is 12.6. The molecule has 6 heteroatoms. The maximum absolute atomic E-state index is 12.6. The second kappa shape index (κ2) is 7.11. The average molecular weight is 322 g/mol. The van der Waals surface area contributed by atoms with E-state index in [0.29, 0.717) is 36.6 Å². The molecule has 0 aliphatic carbocycles. The zero-order chi connectivity index (χ0) is 16.9. The molecule has 1 N–H and O–H groups in total. The molecule has 1 aliphatic heterocycles. The molecule has 2 heterocycles. The van der Waals surface area contributed by atoms with Crippen LogP contribution in [0.2, 0.25) is 0 Å². The third kappa shape index (κ3) is 3.53. The number of anilines is 1. The fraction of sp³-hybridized carbons (Fsp3) is 0.278. The lowest BCUT2D eigenvalue weighted by Crippen LogP contribution is -2.37. The van der Waals surface area contributed by atoms with Crippen molar-refractivity contribution in [3.8, 4) is 6.07 Å². The monoisotopic (exact) mass is 322 g/mol. The highest BCUT2D eigenvalue weighted by atomic mass is 16.3. The number of amides is 1. The number of β-amino-alcohol motifs (C(OH)–C–C–N with tert-alkyl or cyclic N) is 1. The minimum Gasteiger partial charge on any atom is -0.389 e. The Balaban J connectivity index is 1.76. The van der Waals surface area contributed by atoms with Crippen LogP contribution in [0.15, 0.2) is 48.7 Å². The van der Waals surface area contributed by atoms with E-state index < -0.39 is 6.10 Å². The Kier molecular flexibility index (Phi) is 4.73. The molecule has 3 rings (SSSR count). The van der Waals surface area contributed by atoms with Crippen molar-refractivity contribution >= 4 is 11.7 Å². The Hall–Kier alpha value is -2.91. The number of carbonyl (C=O) groups excluding carboxylic acids is 1. The number of benzene rings is 1. The molecule has 24 heavy (non-hydrogen) atoms. The standard InChI is InChI=1S/C18H18N4O2/c19-11-14-6-7-20-17(10-14)21-8-9-22(13-16(23)12-21)18(24)15-4-2-1-3-5-15/h1-7,10,16,23H,8-9,12-13H2/t16-/m0/s1. The van der Waals surface area contributed by atoms with Crippen LogP contribution in [0.25, 0.3) is 0 Å². The molecule has 122 valence electrons. The molecule has 1 amide bonds. The first-order valence-electron chi connectivity index (χ1n) is 7.81. The maximum Gasteiger partial charge on any atom is 0.254 e. The molecule has 1 saturated heterocycles. The molecule has 1 atom stereocenters. The molecular formula is C18H18N4O2. The van der Waals surface area contributed by atoms with Gasteiger partial charge >= 0.3 is 0 Å². The zero-order valence-electron chi connectivity index (χ0n) is 13.2. The first-order valence-corrected chi connectivity index (χ1v) is 7.81. The highest BCUT2D eigenvalue weighted by molar-refractivity contribution is 5.94. The second-order valence-electron chi connectivity index (χ2n) is 5.73. The number of rotatable bonds is 2. The van der Waals surface area contributed by atoms with Crippen LogP contribution in [0.3, 0.4) is 0 Å². The van der Waals surface area contributed by atoms with Crippen molar-refractivity contribution in [2.24, 2.45) is 0 Å². The first kappa shape index (κ1) is 16.0. The van der Waals surface area contributed by atoms with Crippen LogP contribution in [0.5, 0.6) is 0 Å². The van der Waals surface area contributed by atoms with Crippen molar-refractivity contribution in [1.82, 2.24) is 9.88 Å². The summed E-state index contributed by atoms with van der Waals surface area (Å²) in [6.45, 7) is 1.70. The Morgan fingerprint density at radius 1 is 1.21 bits per heavy atom. The van der Waals surface area contributed by atoms with Gasteiger partial charge < -0.3 is 14.9 Å². The van der Waals surface area contributed by atoms with Gasteiger partial charge in [0.25, 0.3) is 5.91 Å². The van der Waals surface area contributed by atoms with Crippen molar-refractivity contribution in [2.75, 3.05) is 31.1 Å². The fourth-order valence-electron chi connectivity index (χ4n) is 2.81. The smallest absolute Gasteiger partial charge is 0.254 e. The van der Waals surface area contributed by atoms with Crippen LogP contribution in [-0.2, 0) is 0 Å². The van der Waals surface area contributed by atoms with Gasteiger partial charge in [-0.25, -0.2) is 4.98 Å². The van der Waals surface area contributed by atoms with Gasteiger partial charge in [0, 0.05) is 37.9 Å². The van der Waals surface area contributed by atoms with E-state index in [2.05, 4.69) is 11.1 Å². The van der Waals surface area contributed by atoms with Gasteiger partial charge in [-0.05, 0) is 24.3 Å². The number of hydrogen-bond donors (Lipinski definition) is 1. The number of nitriles is 1. The predicted molar refractivity (Wildman–Crippen MR) is 89.5 cm³/mol. The summed E-state index contributed by atoms with van der Waals surface area (Å²) in [4.78, 5) is 20.4. The zero-order valence-corrected chi connectivity index (χ0v) is 13.2. The van der Waals surface area contributed by atoms with Gasteiger partial charge in [0.15, 0.2) is 0 Å². The third-order valence-corrected chi connectivity index (χ3v) is 4.01. The Morgan fingerprint density at radius 3 is 2.75 bits per heavy atom. The summed E-state index contributed by atoms with van der Waals surface area (Å²) >= 11 is 0. The number of aliphatic hydroxyl groups is 1. The molecule has 0 bridgehead atoms. The average Bonchev–Trinajstić information content (AvgIpc) is 2.83. The number of pyridine rings is 1. The van der Waals surface area contributed by atoms with Gasteiger partial charge in [0.2, 0.25) is 0 Å². The van der Waals surface area contributed by atoms with Gasteiger partial charge in [0.1, 0.15) is 5.82 Å². The lowest BCUT2D eigenvalue weighted by molar-refractivity contribution is 0.0674. The van der Waals surface area contributed by atoms with Gasteiger partial charge in [-0.15, -0.1) is 0 Å². The molecular weight excluding hydrogens is 304 g/mol. The van der Waals surface area contributed by atoms with Crippen LogP contribution in [0.1, 0.15) is 15.9 Å². The summed E-state index contributed by atoms with van der Waals surface area (Å²) in [5.74, 6) is 0.553. The summed E-state index contributed by atoms with van der Waals surface area (Å²) < 4.78 is 0. The highest BCUT2D eigenvalue weighted by Gasteiger charge is 2.25. The van der Waals surface area contributed by atoms with E-state index in [-0.39, 0.29) is 12.5 Å². The van der Waals surface area contributed by atoms with E-state index in [1.807, 2.05) is 23.1 Å². The lowest BCUT2D eigenvalue weighted by Gasteiger charge is -2.22. The quantitative estimate of drug-likeness (QED) is 0.901. The van der Waals surface area contributed by atoms with Crippen LogP contribution in [0, 0.1) is 11.3 Å². The second-order valence-corrected chi connectivity index (χ2v) is 5.73. The van der Waals surface area contributed by atoms with Gasteiger partial charge in [0.05, 0.1) is 17.7 Å². The largest absolute Gasteiger partial charge is 0.389 e. The molecule has 0 unspecified atom stereocenters. The van der Waals surface area contributed by atoms with Crippen molar-refractivity contribution in [3.63, 3.8) is 0 Å². The summed E-state index contributed by atoms with van der Waals surface area (Å²) in [6, 6.07) is 14.5.